The summed E-state index contributed by atoms with van der Waals surface area (Å²) in [5.41, 5.74) is 1.24. The molecule has 0 radical (unpaired) electrons. The number of rotatable bonds is 7. The van der Waals surface area contributed by atoms with Crippen molar-refractivity contribution in [1.29, 1.82) is 0 Å². The van der Waals surface area contributed by atoms with Crippen LogP contribution in [0.3, 0.4) is 0 Å². The van der Waals surface area contributed by atoms with Crippen molar-refractivity contribution in [2.75, 3.05) is 27.9 Å². The second-order valence-electron chi connectivity index (χ2n) is 5.04. The van der Waals surface area contributed by atoms with Gasteiger partial charge < -0.3 is 19.5 Å². The van der Waals surface area contributed by atoms with E-state index in [0.29, 0.717) is 24.5 Å². The van der Waals surface area contributed by atoms with Gasteiger partial charge in [0.15, 0.2) is 23.1 Å². The minimum absolute atomic E-state index is 0.108. The number of methoxy groups -OCH3 is 3. The maximum Gasteiger partial charge on any atom is 0.251 e. The summed E-state index contributed by atoms with van der Waals surface area (Å²) in [5, 5.41) is 2.76. The SMILES string of the molecule is COc1ccc(C(=O)NCCc2ccc(OC)c(OC)c2)cc1F. The minimum Gasteiger partial charge on any atom is -0.494 e. The van der Waals surface area contributed by atoms with Crippen molar-refractivity contribution in [2.45, 2.75) is 6.42 Å². The van der Waals surface area contributed by atoms with E-state index in [1.807, 2.05) is 18.2 Å². The summed E-state index contributed by atoms with van der Waals surface area (Å²) in [7, 11) is 4.52. The molecule has 2 rings (SSSR count). The van der Waals surface area contributed by atoms with Gasteiger partial charge >= 0.3 is 0 Å². The largest absolute Gasteiger partial charge is 0.494 e. The van der Waals surface area contributed by atoms with E-state index in [9.17, 15) is 9.18 Å². The number of halogens is 1. The number of benzene rings is 2. The molecule has 0 bridgehead atoms. The third kappa shape index (κ3) is 4.16. The number of nitrogens with one attached hydrogen (secondary N) is 1. The number of hydrogen-bond acceptors (Lipinski definition) is 4. The standard InChI is InChI=1S/C18H20FNO4/c1-22-15-7-5-13(11-14(15)19)18(21)20-9-8-12-4-6-16(23-2)17(10-12)24-3/h4-7,10-11H,8-9H2,1-3H3,(H,20,21). The summed E-state index contributed by atoms with van der Waals surface area (Å²) in [5.74, 6) is 0.497. The van der Waals surface area contributed by atoms with E-state index in [1.54, 1.807) is 14.2 Å². The van der Waals surface area contributed by atoms with Crippen molar-refractivity contribution in [3.05, 3.63) is 53.3 Å². The zero-order valence-electron chi connectivity index (χ0n) is 13.9. The lowest BCUT2D eigenvalue weighted by atomic mass is 10.1. The summed E-state index contributed by atoms with van der Waals surface area (Å²) in [6.45, 7) is 0.419. The fourth-order valence-electron chi connectivity index (χ4n) is 2.27. The molecule has 0 aliphatic heterocycles. The second-order valence-corrected chi connectivity index (χ2v) is 5.04. The molecule has 0 spiro atoms. The summed E-state index contributed by atoms with van der Waals surface area (Å²) in [4.78, 5) is 12.0. The van der Waals surface area contributed by atoms with Crippen LogP contribution in [0.1, 0.15) is 15.9 Å². The monoisotopic (exact) mass is 333 g/mol. The Hall–Kier alpha value is -2.76. The number of carbonyl (C=O) groups is 1. The van der Waals surface area contributed by atoms with Crippen molar-refractivity contribution in [2.24, 2.45) is 0 Å². The molecule has 2 aromatic carbocycles. The molecule has 0 heterocycles. The molecule has 128 valence electrons. The van der Waals surface area contributed by atoms with Gasteiger partial charge in [-0.2, -0.15) is 0 Å². The number of hydrogen-bond donors (Lipinski definition) is 1. The highest BCUT2D eigenvalue weighted by atomic mass is 19.1. The number of ether oxygens (including phenoxy) is 3. The summed E-state index contributed by atoms with van der Waals surface area (Å²) < 4.78 is 28.9. The predicted octanol–water partition coefficient (Wildman–Crippen LogP) is 2.82. The van der Waals surface area contributed by atoms with Crippen LogP contribution in [0.5, 0.6) is 17.2 Å². The highest BCUT2D eigenvalue weighted by molar-refractivity contribution is 5.94. The molecule has 0 saturated heterocycles. The van der Waals surface area contributed by atoms with Gasteiger partial charge in [0.1, 0.15) is 0 Å². The van der Waals surface area contributed by atoms with Crippen LogP contribution in [0.25, 0.3) is 0 Å². The fraction of sp³-hybridized carbons (Fsp3) is 0.278. The van der Waals surface area contributed by atoms with E-state index in [1.165, 1.54) is 19.2 Å². The molecule has 1 amide bonds. The maximum atomic E-state index is 13.6. The Bertz CT molecular complexity index is 718. The van der Waals surface area contributed by atoms with Crippen molar-refractivity contribution < 1.29 is 23.4 Å². The van der Waals surface area contributed by atoms with Crippen LogP contribution in [0, 0.1) is 5.82 Å². The first-order chi connectivity index (χ1) is 11.6. The number of carbonyl (C=O) groups excluding carboxylic acids is 1. The van der Waals surface area contributed by atoms with Gasteiger partial charge in [0.25, 0.3) is 5.91 Å². The lowest BCUT2D eigenvalue weighted by molar-refractivity contribution is 0.0953. The van der Waals surface area contributed by atoms with Gasteiger partial charge in [-0.25, -0.2) is 4.39 Å². The number of amides is 1. The van der Waals surface area contributed by atoms with Gasteiger partial charge in [-0.1, -0.05) is 6.07 Å². The molecule has 0 atom stereocenters. The van der Waals surface area contributed by atoms with Gasteiger partial charge in [-0.05, 0) is 42.3 Å². The van der Waals surface area contributed by atoms with Gasteiger partial charge in [0.05, 0.1) is 21.3 Å². The molecular formula is C18H20FNO4. The Kier molecular flexibility index (Phi) is 6.01. The quantitative estimate of drug-likeness (QED) is 0.846. The van der Waals surface area contributed by atoms with Crippen LogP contribution in [0.2, 0.25) is 0 Å². The third-order valence-corrected chi connectivity index (χ3v) is 3.56. The predicted molar refractivity (Wildman–Crippen MR) is 88.5 cm³/mol. The Morgan fingerprint density at radius 3 is 2.25 bits per heavy atom. The van der Waals surface area contributed by atoms with Gasteiger partial charge in [-0.3, -0.25) is 4.79 Å². The van der Waals surface area contributed by atoms with Crippen molar-refractivity contribution in [3.8, 4) is 17.2 Å². The third-order valence-electron chi connectivity index (χ3n) is 3.56. The zero-order valence-corrected chi connectivity index (χ0v) is 13.9. The Morgan fingerprint density at radius 2 is 1.62 bits per heavy atom. The van der Waals surface area contributed by atoms with Crippen LogP contribution in [-0.4, -0.2) is 33.8 Å². The van der Waals surface area contributed by atoms with Crippen LogP contribution in [0.15, 0.2) is 36.4 Å². The van der Waals surface area contributed by atoms with Crippen LogP contribution >= 0.6 is 0 Å². The topological polar surface area (TPSA) is 56.8 Å². The highest BCUT2D eigenvalue weighted by Crippen LogP contribution is 2.27. The molecule has 0 saturated carbocycles. The maximum absolute atomic E-state index is 13.6. The molecule has 0 aromatic heterocycles. The fourth-order valence-corrected chi connectivity index (χ4v) is 2.27. The van der Waals surface area contributed by atoms with Crippen molar-refractivity contribution in [1.82, 2.24) is 5.32 Å². The molecule has 0 fully saturated rings. The minimum atomic E-state index is -0.565. The first kappa shape index (κ1) is 17.6. The average molecular weight is 333 g/mol. The van der Waals surface area contributed by atoms with E-state index >= 15 is 0 Å². The highest BCUT2D eigenvalue weighted by Gasteiger charge is 2.10. The smallest absolute Gasteiger partial charge is 0.251 e. The Morgan fingerprint density at radius 1 is 0.958 bits per heavy atom. The molecule has 0 unspecified atom stereocenters. The molecule has 6 heteroatoms. The van der Waals surface area contributed by atoms with E-state index in [2.05, 4.69) is 5.32 Å². The molecule has 2 aromatic rings. The summed E-state index contributed by atoms with van der Waals surface area (Å²) in [6, 6.07) is 9.68. The van der Waals surface area contributed by atoms with Gasteiger partial charge in [-0.15, -0.1) is 0 Å². The van der Waals surface area contributed by atoms with E-state index in [-0.39, 0.29) is 17.2 Å². The lowest BCUT2D eigenvalue weighted by Crippen LogP contribution is -2.25. The van der Waals surface area contributed by atoms with Crippen molar-refractivity contribution in [3.63, 3.8) is 0 Å². The molecule has 1 N–H and O–H groups in total. The lowest BCUT2D eigenvalue weighted by Gasteiger charge is -2.10. The Balaban J connectivity index is 1.94. The van der Waals surface area contributed by atoms with E-state index in [4.69, 9.17) is 14.2 Å². The van der Waals surface area contributed by atoms with Crippen molar-refractivity contribution >= 4 is 5.91 Å². The molecular weight excluding hydrogens is 313 g/mol. The Labute approximate surface area is 140 Å². The molecule has 0 aliphatic rings. The summed E-state index contributed by atoms with van der Waals surface area (Å²) >= 11 is 0. The zero-order chi connectivity index (χ0) is 17.5. The normalized spacial score (nSPS) is 10.2. The van der Waals surface area contributed by atoms with Gasteiger partial charge in [0.2, 0.25) is 0 Å². The average Bonchev–Trinajstić information content (AvgIpc) is 2.61. The first-order valence-electron chi connectivity index (χ1n) is 7.41. The van der Waals surface area contributed by atoms with Crippen LogP contribution < -0.4 is 19.5 Å². The summed E-state index contributed by atoms with van der Waals surface area (Å²) in [6.07, 6.45) is 0.616. The molecule has 5 nitrogen and oxygen atoms in total. The van der Waals surface area contributed by atoms with Crippen LogP contribution in [-0.2, 0) is 6.42 Å². The van der Waals surface area contributed by atoms with E-state index in [0.717, 1.165) is 11.6 Å². The molecule has 24 heavy (non-hydrogen) atoms. The van der Waals surface area contributed by atoms with Crippen LogP contribution in [0.4, 0.5) is 4.39 Å². The second kappa shape index (κ2) is 8.19. The van der Waals surface area contributed by atoms with Gasteiger partial charge in [0, 0.05) is 12.1 Å². The van der Waals surface area contributed by atoms with E-state index < -0.39 is 5.82 Å². The first-order valence-corrected chi connectivity index (χ1v) is 7.41. The molecule has 0 aliphatic carbocycles.